The van der Waals surface area contributed by atoms with Crippen LogP contribution in [0.2, 0.25) is 0 Å². The van der Waals surface area contributed by atoms with Crippen LogP contribution < -0.4 is 0 Å². The number of halogens is 1. The summed E-state index contributed by atoms with van der Waals surface area (Å²) in [7, 11) is 0. The average Bonchev–Trinajstić information content (AvgIpc) is 2.99. The van der Waals surface area contributed by atoms with Gasteiger partial charge in [0.2, 0.25) is 0 Å². The molecule has 25 heavy (non-hydrogen) atoms. The van der Waals surface area contributed by atoms with Gasteiger partial charge in [0, 0.05) is 22.4 Å². The molecule has 6 heteroatoms. The van der Waals surface area contributed by atoms with Crippen LogP contribution >= 0.6 is 27.7 Å². The van der Waals surface area contributed by atoms with Crippen LogP contribution in [0, 0.1) is 13.8 Å². The van der Waals surface area contributed by atoms with Crippen LogP contribution in [0.25, 0.3) is 6.08 Å². The van der Waals surface area contributed by atoms with E-state index in [0.29, 0.717) is 4.91 Å². The van der Waals surface area contributed by atoms with Crippen LogP contribution in [-0.2, 0) is 17.9 Å². The Labute approximate surface area is 160 Å². The largest absolute Gasteiger partial charge is 0.349 e. The molecule has 0 atom stereocenters. The van der Waals surface area contributed by atoms with Gasteiger partial charge in [-0.1, -0.05) is 34.1 Å². The Bertz CT molecular complexity index is 886. The maximum atomic E-state index is 12.7. The molecule has 1 aromatic carbocycles. The molecule has 2 amide bonds. The summed E-state index contributed by atoms with van der Waals surface area (Å²) in [5, 5.41) is -0.226. The smallest absolute Gasteiger partial charge is 0.293 e. The van der Waals surface area contributed by atoms with Gasteiger partial charge in [0.15, 0.2) is 0 Å². The minimum Gasteiger partial charge on any atom is -0.349 e. The van der Waals surface area contributed by atoms with E-state index < -0.39 is 0 Å². The third-order valence-corrected chi connectivity index (χ3v) is 6.06. The number of amides is 2. The van der Waals surface area contributed by atoms with E-state index in [0.717, 1.165) is 45.3 Å². The Morgan fingerprint density at radius 1 is 1.20 bits per heavy atom. The van der Waals surface area contributed by atoms with Crippen molar-refractivity contribution in [1.29, 1.82) is 0 Å². The summed E-state index contributed by atoms with van der Waals surface area (Å²) >= 11 is 4.47. The minimum absolute atomic E-state index is 0.226. The fourth-order valence-electron chi connectivity index (χ4n) is 3.03. The number of aromatic nitrogens is 1. The number of imide groups is 1. The van der Waals surface area contributed by atoms with E-state index in [1.54, 1.807) is 0 Å². The van der Waals surface area contributed by atoms with E-state index in [4.69, 9.17) is 0 Å². The van der Waals surface area contributed by atoms with Crippen molar-refractivity contribution in [3.8, 4) is 0 Å². The Morgan fingerprint density at radius 3 is 2.56 bits per heavy atom. The molecule has 1 aromatic heterocycles. The van der Waals surface area contributed by atoms with Gasteiger partial charge in [-0.05, 0) is 61.9 Å². The van der Waals surface area contributed by atoms with Crippen molar-refractivity contribution >= 4 is 44.9 Å². The highest BCUT2D eigenvalue weighted by molar-refractivity contribution is 9.10. The van der Waals surface area contributed by atoms with Crippen LogP contribution in [-0.4, -0.2) is 20.6 Å². The van der Waals surface area contributed by atoms with E-state index in [9.17, 15) is 9.59 Å². The van der Waals surface area contributed by atoms with Crippen molar-refractivity contribution in [2.24, 2.45) is 0 Å². The molecule has 2 aromatic rings. The number of thioether (sulfide) groups is 1. The zero-order valence-corrected chi connectivity index (χ0v) is 16.8. The SMILES string of the molecule is CCn1c(C)cc(/C=C2\SC(=O)N(Cc3ccccc3Br)C2=O)c1C. The highest BCUT2D eigenvalue weighted by atomic mass is 79.9. The summed E-state index contributed by atoms with van der Waals surface area (Å²) < 4.78 is 3.08. The molecule has 0 N–H and O–H groups in total. The van der Waals surface area contributed by atoms with Gasteiger partial charge < -0.3 is 4.57 Å². The van der Waals surface area contributed by atoms with Gasteiger partial charge in [-0.25, -0.2) is 0 Å². The fourth-order valence-corrected chi connectivity index (χ4v) is 4.27. The first-order chi connectivity index (χ1) is 11.9. The van der Waals surface area contributed by atoms with Crippen LogP contribution in [0.4, 0.5) is 4.79 Å². The lowest BCUT2D eigenvalue weighted by Crippen LogP contribution is -2.27. The molecule has 1 aliphatic heterocycles. The first-order valence-electron chi connectivity index (χ1n) is 8.08. The average molecular weight is 419 g/mol. The molecule has 4 nitrogen and oxygen atoms in total. The minimum atomic E-state index is -0.230. The van der Waals surface area contributed by atoms with Crippen LogP contribution in [0.5, 0.6) is 0 Å². The lowest BCUT2D eigenvalue weighted by atomic mass is 10.2. The van der Waals surface area contributed by atoms with Gasteiger partial charge in [-0.15, -0.1) is 0 Å². The molecule has 1 saturated heterocycles. The standard InChI is InChI=1S/C19H19BrN2O2S/c1-4-21-12(2)9-15(13(21)3)10-17-18(23)22(19(24)25-17)11-14-7-5-6-8-16(14)20/h5-10H,4,11H2,1-3H3/b17-10-. The van der Waals surface area contributed by atoms with Gasteiger partial charge in [-0.2, -0.15) is 0 Å². The second-order valence-corrected chi connectivity index (χ2v) is 7.78. The van der Waals surface area contributed by atoms with Crippen molar-refractivity contribution in [2.45, 2.75) is 33.9 Å². The van der Waals surface area contributed by atoms with E-state index in [1.807, 2.05) is 44.2 Å². The summed E-state index contributed by atoms with van der Waals surface area (Å²) in [5.41, 5.74) is 4.16. The van der Waals surface area contributed by atoms with Crippen molar-refractivity contribution in [3.63, 3.8) is 0 Å². The molecule has 2 heterocycles. The first kappa shape index (κ1) is 18.0. The number of carbonyl (C=O) groups excluding carboxylic acids is 2. The van der Waals surface area contributed by atoms with E-state index >= 15 is 0 Å². The summed E-state index contributed by atoms with van der Waals surface area (Å²) in [6, 6.07) is 9.68. The van der Waals surface area contributed by atoms with Gasteiger partial charge in [0.1, 0.15) is 0 Å². The number of rotatable bonds is 4. The molecule has 0 spiro atoms. The third kappa shape index (κ3) is 3.46. The first-order valence-corrected chi connectivity index (χ1v) is 9.68. The predicted molar refractivity (Wildman–Crippen MR) is 105 cm³/mol. The number of benzene rings is 1. The van der Waals surface area contributed by atoms with Gasteiger partial charge in [0.05, 0.1) is 11.4 Å². The molecule has 0 bridgehead atoms. The monoisotopic (exact) mass is 418 g/mol. The predicted octanol–water partition coefficient (Wildman–Crippen LogP) is 5.12. The fraction of sp³-hybridized carbons (Fsp3) is 0.263. The molecule has 3 rings (SSSR count). The zero-order valence-electron chi connectivity index (χ0n) is 14.4. The van der Waals surface area contributed by atoms with E-state index in [2.05, 4.69) is 33.5 Å². The molecule has 0 aliphatic carbocycles. The highest BCUT2D eigenvalue weighted by Gasteiger charge is 2.35. The summed E-state index contributed by atoms with van der Waals surface area (Å²) in [4.78, 5) is 26.8. The van der Waals surface area contributed by atoms with Gasteiger partial charge >= 0.3 is 0 Å². The van der Waals surface area contributed by atoms with E-state index in [1.165, 1.54) is 4.90 Å². The summed E-state index contributed by atoms with van der Waals surface area (Å²) in [5.74, 6) is -0.230. The second kappa shape index (κ2) is 7.22. The Balaban J connectivity index is 1.87. The van der Waals surface area contributed by atoms with Crippen molar-refractivity contribution < 1.29 is 9.59 Å². The number of hydrogen-bond donors (Lipinski definition) is 0. The number of aryl methyl sites for hydroxylation is 1. The lowest BCUT2D eigenvalue weighted by Gasteiger charge is -2.13. The van der Waals surface area contributed by atoms with Gasteiger partial charge in [0.25, 0.3) is 11.1 Å². The maximum Gasteiger partial charge on any atom is 0.293 e. The molecular formula is C19H19BrN2O2S. The number of nitrogens with zero attached hydrogens (tertiary/aromatic N) is 2. The van der Waals surface area contributed by atoms with Crippen molar-refractivity contribution in [3.05, 3.63) is 62.2 Å². The maximum absolute atomic E-state index is 12.7. The Morgan fingerprint density at radius 2 is 1.92 bits per heavy atom. The van der Waals surface area contributed by atoms with E-state index in [-0.39, 0.29) is 17.7 Å². The molecule has 0 unspecified atom stereocenters. The molecule has 0 radical (unpaired) electrons. The number of hydrogen-bond acceptors (Lipinski definition) is 3. The zero-order chi connectivity index (χ0) is 18.1. The molecule has 0 saturated carbocycles. The normalized spacial score (nSPS) is 16.3. The second-order valence-electron chi connectivity index (χ2n) is 5.93. The highest BCUT2D eigenvalue weighted by Crippen LogP contribution is 2.35. The third-order valence-electron chi connectivity index (χ3n) is 4.38. The quantitative estimate of drug-likeness (QED) is 0.646. The molecule has 1 fully saturated rings. The summed E-state index contributed by atoms with van der Waals surface area (Å²) in [6.45, 7) is 7.34. The Hall–Kier alpha value is -1.79. The number of carbonyl (C=O) groups is 2. The van der Waals surface area contributed by atoms with Gasteiger partial charge in [-0.3, -0.25) is 14.5 Å². The van der Waals surface area contributed by atoms with Crippen molar-refractivity contribution in [2.75, 3.05) is 0 Å². The van der Waals surface area contributed by atoms with Crippen LogP contribution in [0.3, 0.4) is 0 Å². The summed E-state index contributed by atoms with van der Waals surface area (Å²) in [6.07, 6.45) is 1.83. The van der Waals surface area contributed by atoms with Crippen molar-refractivity contribution in [1.82, 2.24) is 9.47 Å². The Kier molecular flexibility index (Phi) is 5.20. The topological polar surface area (TPSA) is 42.3 Å². The van der Waals surface area contributed by atoms with Crippen LogP contribution in [0.15, 0.2) is 39.7 Å². The molecule has 130 valence electrons. The van der Waals surface area contributed by atoms with Crippen LogP contribution in [0.1, 0.15) is 29.4 Å². The molecular weight excluding hydrogens is 400 g/mol. The molecule has 1 aliphatic rings. The lowest BCUT2D eigenvalue weighted by molar-refractivity contribution is -0.123.